The van der Waals surface area contributed by atoms with Crippen LogP contribution < -0.4 is 0 Å². The fourth-order valence-electron chi connectivity index (χ4n) is 2.21. The summed E-state index contributed by atoms with van der Waals surface area (Å²) in [5.41, 5.74) is 5.42. The second kappa shape index (κ2) is 5.63. The van der Waals surface area contributed by atoms with Gasteiger partial charge in [-0.2, -0.15) is 0 Å². The van der Waals surface area contributed by atoms with Crippen LogP contribution in [0.1, 0.15) is 34.8 Å². The minimum atomic E-state index is 0.759. The van der Waals surface area contributed by atoms with Gasteiger partial charge in [-0.05, 0) is 30.0 Å². The molecule has 2 rings (SSSR count). The van der Waals surface area contributed by atoms with Crippen molar-refractivity contribution in [3.63, 3.8) is 0 Å². The van der Waals surface area contributed by atoms with Crippen LogP contribution in [0.3, 0.4) is 0 Å². The van der Waals surface area contributed by atoms with E-state index in [0.29, 0.717) is 0 Å². The minimum absolute atomic E-state index is 0.759. The number of aryl methyl sites for hydroxylation is 2. The zero-order valence-corrected chi connectivity index (χ0v) is 10.9. The van der Waals surface area contributed by atoms with Crippen molar-refractivity contribution in [1.82, 2.24) is 0 Å². The van der Waals surface area contributed by atoms with Crippen LogP contribution >= 0.6 is 0 Å². The van der Waals surface area contributed by atoms with E-state index in [2.05, 4.69) is 37.3 Å². The molecule has 0 amide bonds. The zero-order chi connectivity index (χ0) is 13.0. The average molecular weight is 238 g/mol. The summed E-state index contributed by atoms with van der Waals surface area (Å²) in [6, 6.07) is 14.4. The van der Waals surface area contributed by atoms with E-state index >= 15 is 0 Å². The van der Waals surface area contributed by atoms with Gasteiger partial charge in [-0.25, -0.2) is 0 Å². The smallest absolute Gasteiger partial charge is 0.150 e. The molecule has 0 aliphatic heterocycles. The van der Waals surface area contributed by atoms with Crippen molar-refractivity contribution in [2.24, 2.45) is 0 Å². The molecule has 18 heavy (non-hydrogen) atoms. The van der Waals surface area contributed by atoms with Gasteiger partial charge < -0.3 is 0 Å². The Morgan fingerprint density at radius 2 is 1.94 bits per heavy atom. The molecule has 0 heterocycles. The molecule has 0 bridgehead atoms. The Kier molecular flexibility index (Phi) is 3.93. The van der Waals surface area contributed by atoms with Crippen LogP contribution in [-0.4, -0.2) is 6.29 Å². The first-order valence-electron chi connectivity index (χ1n) is 6.39. The van der Waals surface area contributed by atoms with Crippen LogP contribution in [0.15, 0.2) is 42.5 Å². The van der Waals surface area contributed by atoms with Gasteiger partial charge in [-0.1, -0.05) is 61.4 Å². The van der Waals surface area contributed by atoms with Gasteiger partial charge in [0.25, 0.3) is 0 Å². The lowest BCUT2D eigenvalue weighted by atomic mass is 9.96. The first-order chi connectivity index (χ1) is 8.74. The van der Waals surface area contributed by atoms with E-state index in [-0.39, 0.29) is 0 Å². The summed E-state index contributed by atoms with van der Waals surface area (Å²) in [6.07, 6.45) is 3.15. The van der Waals surface area contributed by atoms with E-state index in [1.54, 1.807) is 0 Å². The largest absolute Gasteiger partial charge is 0.298 e. The van der Waals surface area contributed by atoms with Crippen LogP contribution in [0.4, 0.5) is 0 Å². The highest BCUT2D eigenvalue weighted by Gasteiger charge is 2.05. The minimum Gasteiger partial charge on any atom is -0.298 e. The summed E-state index contributed by atoms with van der Waals surface area (Å²) in [5, 5.41) is 0. The van der Waals surface area contributed by atoms with Crippen LogP contribution in [0, 0.1) is 6.92 Å². The lowest BCUT2D eigenvalue weighted by molar-refractivity contribution is 0.112. The lowest BCUT2D eigenvalue weighted by Gasteiger charge is -2.08. The molecule has 0 N–H and O–H groups in total. The van der Waals surface area contributed by atoms with Gasteiger partial charge in [0.05, 0.1) is 0 Å². The average Bonchev–Trinajstić information content (AvgIpc) is 2.39. The quantitative estimate of drug-likeness (QED) is 0.720. The van der Waals surface area contributed by atoms with Crippen molar-refractivity contribution in [3.05, 3.63) is 59.2 Å². The maximum Gasteiger partial charge on any atom is 0.150 e. The fourth-order valence-corrected chi connectivity index (χ4v) is 2.21. The van der Waals surface area contributed by atoms with Crippen LogP contribution in [-0.2, 0) is 6.42 Å². The van der Waals surface area contributed by atoms with Gasteiger partial charge in [-0.15, -0.1) is 0 Å². The number of aldehydes is 1. The van der Waals surface area contributed by atoms with Crippen molar-refractivity contribution >= 4 is 6.29 Å². The molecule has 0 spiro atoms. The highest BCUT2D eigenvalue weighted by molar-refractivity contribution is 5.87. The van der Waals surface area contributed by atoms with Crippen molar-refractivity contribution in [1.29, 1.82) is 0 Å². The van der Waals surface area contributed by atoms with Crippen LogP contribution in [0.2, 0.25) is 0 Å². The van der Waals surface area contributed by atoms with Gasteiger partial charge in [0.15, 0.2) is 6.29 Å². The van der Waals surface area contributed by atoms with E-state index in [0.717, 1.165) is 35.8 Å². The summed E-state index contributed by atoms with van der Waals surface area (Å²) in [6.45, 7) is 4.23. The molecule has 1 nitrogen and oxygen atoms in total. The monoisotopic (exact) mass is 238 g/mol. The number of benzene rings is 2. The number of carbonyl (C=O) groups excluding carboxylic acids is 1. The maximum atomic E-state index is 11.1. The predicted octanol–water partition coefficient (Wildman–Crippen LogP) is 4.43. The fraction of sp³-hybridized carbons (Fsp3) is 0.235. The molecule has 2 aromatic carbocycles. The molecule has 2 aromatic rings. The van der Waals surface area contributed by atoms with Crippen molar-refractivity contribution in [2.45, 2.75) is 26.7 Å². The topological polar surface area (TPSA) is 17.1 Å². The standard InChI is InChI=1S/C17H18O/c1-3-5-14-6-4-7-15(11-14)17-10-13(2)8-9-16(17)12-18/h4,6-12H,3,5H2,1-2H3. The SMILES string of the molecule is CCCc1cccc(-c2cc(C)ccc2C=O)c1. The Bertz CT molecular complexity index is 555. The number of carbonyl (C=O) groups is 1. The highest BCUT2D eigenvalue weighted by atomic mass is 16.1. The van der Waals surface area contributed by atoms with Gasteiger partial charge >= 0.3 is 0 Å². The van der Waals surface area contributed by atoms with Gasteiger partial charge in [0, 0.05) is 5.56 Å². The second-order valence-corrected chi connectivity index (χ2v) is 4.66. The number of rotatable bonds is 4. The molecule has 0 aliphatic rings. The predicted molar refractivity (Wildman–Crippen MR) is 76.0 cm³/mol. The normalized spacial score (nSPS) is 10.3. The first-order valence-corrected chi connectivity index (χ1v) is 6.39. The molecule has 0 aromatic heterocycles. The maximum absolute atomic E-state index is 11.1. The molecule has 0 aliphatic carbocycles. The lowest BCUT2D eigenvalue weighted by Crippen LogP contribution is -1.90. The zero-order valence-electron chi connectivity index (χ0n) is 10.9. The summed E-state index contributed by atoms with van der Waals surface area (Å²) in [7, 11) is 0. The van der Waals surface area contributed by atoms with Gasteiger partial charge in [0.1, 0.15) is 0 Å². The molecule has 0 fully saturated rings. The molecule has 0 unspecified atom stereocenters. The summed E-state index contributed by atoms with van der Waals surface area (Å²) in [4.78, 5) is 11.1. The molecular weight excluding hydrogens is 220 g/mol. The Balaban J connectivity index is 2.50. The summed E-state index contributed by atoms with van der Waals surface area (Å²) >= 11 is 0. The van der Waals surface area contributed by atoms with E-state index in [1.807, 2.05) is 19.1 Å². The number of hydrogen-bond acceptors (Lipinski definition) is 1. The third kappa shape index (κ3) is 2.67. The van der Waals surface area contributed by atoms with Gasteiger partial charge in [-0.3, -0.25) is 4.79 Å². The molecule has 0 atom stereocenters. The molecular formula is C17H18O. The second-order valence-electron chi connectivity index (χ2n) is 4.66. The third-order valence-corrected chi connectivity index (χ3v) is 3.11. The van der Waals surface area contributed by atoms with E-state index in [1.165, 1.54) is 11.1 Å². The van der Waals surface area contributed by atoms with Crippen LogP contribution in [0.5, 0.6) is 0 Å². The van der Waals surface area contributed by atoms with Crippen molar-refractivity contribution in [2.75, 3.05) is 0 Å². The number of hydrogen-bond donors (Lipinski definition) is 0. The Labute approximate surface area is 108 Å². The van der Waals surface area contributed by atoms with E-state index in [4.69, 9.17) is 0 Å². The molecule has 0 saturated carbocycles. The summed E-state index contributed by atoms with van der Waals surface area (Å²) in [5.74, 6) is 0. The first kappa shape index (κ1) is 12.6. The van der Waals surface area contributed by atoms with E-state index in [9.17, 15) is 4.79 Å². The Morgan fingerprint density at radius 3 is 2.67 bits per heavy atom. The van der Waals surface area contributed by atoms with Gasteiger partial charge in [0.2, 0.25) is 0 Å². The van der Waals surface area contributed by atoms with Crippen molar-refractivity contribution < 1.29 is 4.79 Å². The van der Waals surface area contributed by atoms with Crippen LogP contribution in [0.25, 0.3) is 11.1 Å². The Hall–Kier alpha value is -1.89. The molecule has 0 saturated heterocycles. The van der Waals surface area contributed by atoms with E-state index < -0.39 is 0 Å². The summed E-state index contributed by atoms with van der Waals surface area (Å²) < 4.78 is 0. The molecule has 0 radical (unpaired) electrons. The van der Waals surface area contributed by atoms with Crippen molar-refractivity contribution in [3.8, 4) is 11.1 Å². The highest BCUT2D eigenvalue weighted by Crippen LogP contribution is 2.25. The molecule has 1 heteroatoms. The molecule has 92 valence electrons. The Morgan fingerprint density at radius 1 is 1.11 bits per heavy atom. The third-order valence-electron chi connectivity index (χ3n) is 3.11.